The van der Waals surface area contributed by atoms with E-state index in [4.69, 9.17) is 4.74 Å². The number of unbranched alkanes of at least 4 members (excludes halogenated alkanes) is 30. The second kappa shape index (κ2) is 48.8. The Morgan fingerprint density at radius 1 is 0.508 bits per heavy atom. The van der Waals surface area contributed by atoms with Crippen molar-refractivity contribution in [1.29, 1.82) is 0 Å². The predicted molar refractivity (Wildman–Crippen MR) is 264 cm³/mol. The van der Waals surface area contributed by atoms with Gasteiger partial charge in [0.25, 0.3) is 0 Å². The van der Waals surface area contributed by atoms with Gasteiger partial charge >= 0.3 is 5.97 Å². The molecule has 0 fully saturated rings. The van der Waals surface area contributed by atoms with Crippen molar-refractivity contribution >= 4 is 11.9 Å². The fourth-order valence-electron chi connectivity index (χ4n) is 7.86. The lowest BCUT2D eigenvalue weighted by atomic mass is 10.0. The number of amides is 1. The van der Waals surface area contributed by atoms with Crippen molar-refractivity contribution in [3.8, 4) is 0 Å². The Balaban J connectivity index is 4.61. The van der Waals surface area contributed by atoms with Crippen LogP contribution in [0.5, 0.6) is 0 Å². The molecule has 0 saturated carbocycles. The highest BCUT2D eigenvalue weighted by atomic mass is 16.5. The van der Waals surface area contributed by atoms with Crippen LogP contribution in [0.4, 0.5) is 0 Å². The zero-order valence-electron chi connectivity index (χ0n) is 40.5. The molecule has 0 aromatic rings. The Morgan fingerprint density at radius 2 is 0.918 bits per heavy atom. The summed E-state index contributed by atoms with van der Waals surface area (Å²) < 4.78 is 5.81. The summed E-state index contributed by atoms with van der Waals surface area (Å²) >= 11 is 0. The van der Waals surface area contributed by atoms with E-state index in [0.717, 1.165) is 57.8 Å². The molecule has 3 N–H and O–H groups in total. The monoisotopic (exact) mass is 856 g/mol. The van der Waals surface area contributed by atoms with E-state index in [2.05, 4.69) is 62.5 Å². The normalized spacial score (nSPS) is 13.6. The molecule has 0 aliphatic rings. The molecule has 0 rings (SSSR count). The highest BCUT2D eigenvalue weighted by Gasteiger charge is 2.23. The van der Waals surface area contributed by atoms with Gasteiger partial charge in [-0.1, -0.05) is 237 Å². The van der Waals surface area contributed by atoms with Crippen LogP contribution in [0.25, 0.3) is 0 Å². The number of nitrogens with one attached hydrogen (secondary N) is 1. The van der Waals surface area contributed by atoms with Crippen molar-refractivity contribution in [2.45, 2.75) is 283 Å². The van der Waals surface area contributed by atoms with Crippen molar-refractivity contribution in [2.75, 3.05) is 6.61 Å². The van der Waals surface area contributed by atoms with Gasteiger partial charge in [-0.3, -0.25) is 9.59 Å². The van der Waals surface area contributed by atoms with Crippen LogP contribution in [0.15, 0.2) is 48.6 Å². The third-order valence-electron chi connectivity index (χ3n) is 11.9. The first-order valence-electron chi connectivity index (χ1n) is 26.4. The second-order valence-electron chi connectivity index (χ2n) is 18.0. The Morgan fingerprint density at radius 3 is 1.38 bits per heavy atom. The number of hydrogen-bond acceptors (Lipinski definition) is 5. The molecule has 0 aliphatic heterocycles. The second-order valence-corrected chi connectivity index (χ2v) is 18.0. The molecule has 356 valence electrons. The number of aliphatic hydroxyl groups is 2. The van der Waals surface area contributed by atoms with Gasteiger partial charge in [0.1, 0.15) is 6.10 Å². The molecule has 0 aliphatic carbocycles. The molecule has 0 heterocycles. The maximum Gasteiger partial charge on any atom is 0.306 e. The molecular formula is C55H101NO5. The van der Waals surface area contributed by atoms with Crippen LogP contribution in [0.3, 0.4) is 0 Å². The minimum atomic E-state index is -0.815. The summed E-state index contributed by atoms with van der Waals surface area (Å²) in [6, 6.07) is -0.737. The lowest BCUT2D eigenvalue weighted by molar-refractivity contribution is -0.148. The van der Waals surface area contributed by atoms with E-state index in [1.54, 1.807) is 0 Å². The average molecular weight is 856 g/mol. The van der Waals surface area contributed by atoms with Gasteiger partial charge in [0.2, 0.25) is 5.91 Å². The van der Waals surface area contributed by atoms with Crippen LogP contribution in [-0.4, -0.2) is 46.9 Å². The fraction of sp³-hybridized carbons (Fsp3) is 0.818. The molecule has 61 heavy (non-hydrogen) atoms. The topological polar surface area (TPSA) is 95.9 Å². The maximum atomic E-state index is 13.2. The molecule has 0 spiro atoms. The third-order valence-corrected chi connectivity index (χ3v) is 11.9. The molecule has 0 aromatic heterocycles. The van der Waals surface area contributed by atoms with E-state index >= 15 is 0 Å². The number of rotatable bonds is 47. The number of esters is 1. The summed E-state index contributed by atoms with van der Waals surface area (Å²) in [6.07, 6.45) is 59.2. The van der Waals surface area contributed by atoms with Crippen LogP contribution in [0.2, 0.25) is 0 Å². The van der Waals surface area contributed by atoms with Crippen molar-refractivity contribution in [3.05, 3.63) is 48.6 Å². The zero-order chi connectivity index (χ0) is 44.5. The standard InChI is InChI=1S/C55H101NO5/c1-4-7-10-13-16-19-22-24-26-28-30-33-36-39-42-45-48-55(60)61-51(46-43-40-37-34-31-21-18-15-12-9-6-3)49-54(59)56-52(50-57)53(58)47-44-41-38-35-32-29-27-25-23-20-17-14-11-8-5-2/h26,28,30,33-34,37,43,46,51-53,57-58H,4-25,27,29,31-32,35-36,38-42,44-45,47-50H2,1-3H3,(H,56,59)/b28-26+,33-30+,37-34-,46-43+. The fourth-order valence-corrected chi connectivity index (χ4v) is 7.86. The zero-order valence-corrected chi connectivity index (χ0v) is 40.5. The maximum absolute atomic E-state index is 13.2. The summed E-state index contributed by atoms with van der Waals surface area (Å²) in [4.78, 5) is 26.0. The van der Waals surface area contributed by atoms with Crippen molar-refractivity contribution in [2.24, 2.45) is 0 Å². The Kier molecular flexibility index (Phi) is 47.1. The Labute approximate surface area is 378 Å². The molecule has 3 atom stereocenters. The Bertz CT molecular complexity index is 1050. The smallest absolute Gasteiger partial charge is 0.306 e. The summed E-state index contributed by atoms with van der Waals surface area (Å²) in [6.45, 7) is 6.44. The van der Waals surface area contributed by atoms with Gasteiger partial charge in [-0.25, -0.2) is 0 Å². The third kappa shape index (κ3) is 44.2. The number of ether oxygens (including phenoxy) is 1. The number of aliphatic hydroxyl groups excluding tert-OH is 2. The quantitative estimate of drug-likeness (QED) is 0.0245. The predicted octanol–water partition coefficient (Wildman–Crippen LogP) is 15.8. The molecule has 6 heteroatoms. The summed E-state index contributed by atoms with van der Waals surface area (Å²) in [7, 11) is 0. The molecule has 1 amide bonds. The van der Waals surface area contributed by atoms with Crippen molar-refractivity contribution in [1.82, 2.24) is 5.32 Å². The van der Waals surface area contributed by atoms with E-state index in [1.165, 1.54) is 161 Å². The number of allylic oxidation sites excluding steroid dienone is 7. The first-order chi connectivity index (χ1) is 30.0. The molecule has 0 bridgehead atoms. The van der Waals surface area contributed by atoms with Crippen LogP contribution >= 0.6 is 0 Å². The summed E-state index contributed by atoms with van der Waals surface area (Å²) in [5.74, 6) is -0.629. The highest BCUT2D eigenvalue weighted by Crippen LogP contribution is 2.16. The van der Waals surface area contributed by atoms with Gasteiger partial charge in [0.05, 0.1) is 25.2 Å². The van der Waals surface area contributed by atoms with Gasteiger partial charge in [-0.15, -0.1) is 0 Å². The van der Waals surface area contributed by atoms with E-state index in [-0.39, 0.29) is 24.9 Å². The minimum absolute atomic E-state index is 0.0385. The van der Waals surface area contributed by atoms with E-state index in [0.29, 0.717) is 19.3 Å². The van der Waals surface area contributed by atoms with E-state index < -0.39 is 18.2 Å². The van der Waals surface area contributed by atoms with Gasteiger partial charge in [0, 0.05) is 6.42 Å². The number of carbonyl (C=O) groups is 2. The average Bonchev–Trinajstić information content (AvgIpc) is 3.25. The highest BCUT2D eigenvalue weighted by molar-refractivity contribution is 5.78. The molecule has 0 radical (unpaired) electrons. The molecule has 6 nitrogen and oxygen atoms in total. The van der Waals surface area contributed by atoms with Gasteiger partial charge < -0.3 is 20.3 Å². The molecular weight excluding hydrogens is 755 g/mol. The number of hydrogen-bond donors (Lipinski definition) is 3. The van der Waals surface area contributed by atoms with E-state index in [9.17, 15) is 19.8 Å². The van der Waals surface area contributed by atoms with Gasteiger partial charge in [-0.2, -0.15) is 0 Å². The van der Waals surface area contributed by atoms with Crippen molar-refractivity contribution < 1.29 is 24.5 Å². The minimum Gasteiger partial charge on any atom is -0.458 e. The summed E-state index contributed by atoms with van der Waals surface area (Å²) in [5.41, 5.74) is 0. The number of carbonyl (C=O) groups excluding carboxylic acids is 2. The van der Waals surface area contributed by atoms with Gasteiger partial charge in [-0.05, 0) is 63.9 Å². The first kappa shape index (κ1) is 58.8. The Hall–Kier alpha value is -2.18. The van der Waals surface area contributed by atoms with Crippen molar-refractivity contribution in [3.63, 3.8) is 0 Å². The largest absolute Gasteiger partial charge is 0.458 e. The summed E-state index contributed by atoms with van der Waals surface area (Å²) in [5, 5.41) is 23.7. The van der Waals surface area contributed by atoms with Crippen LogP contribution in [0.1, 0.15) is 265 Å². The van der Waals surface area contributed by atoms with Crippen LogP contribution in [-0.2, 0) is 14.3 Å². The molecule has 0 aromatic carbocycles. The van der Waals surface area contributed by atoms with Crippen LogP contribution < -0.4 is 5.32 Å². The molecule has 3 unspecified atom stereocenters. The SMILES string of the molecule is CCCCCCCC/C=C\C/C=C/C(CC(=O)NC(CO)C(O)CCCCCCCCCCCCCCCCC)OC(=O)CCCCC/C=C/C=C/CCCCCCCCC. The van der Waals surface area contributed by atoms with Crippen LogP contribution in [0, 0.1) is 0 Å². The van der Waals surface area contributed by atoms with E-state index in [1.807, 2.05) is 12.2 Å². The lowest BCUT2D eigenvalue weighted by Crippen LogP contribution is -2.46. The molecule has 0 saturated heterocycles. The first-order valence-corrected chi connectivity index (χ1v) is 26.4. The lowest BCUT2D eigenvalue weighted by Gasteiger charge is -2.23. The van der Waals surface area contributed by atoms with Gasteiger partial charge in [0.15, 0.2) is 0 Å².